The minimum Gasteiger partial charge on any atom is -0.350 e. The van der Waals surface area contributed by atoms with E-state index in [-0.39, 0.29) is 17.5 Å². The first kappa shape index (κ1) is 14.1. The van der Waals surface area contributed by atoms with Gasteiger partial charge in [-0.2, -0.15) is 0 Å². The third-order valence-electron chi connectivity index (χ3n) is 2.86. The SMILES string of the molecule is CC(C)NC(=O)c1ccc(=O)n(Cc2ccccc2)c1. The van der Waals surface area contributed by atoms with Gasteiger partial charge < -0.3 is 9.88 Å². The Morgan fingerprint density at radius 1 is 1.15 bits per heavy atom. The van der Waals surface area contributed by atoms with E-state index in [2.05, 4.69) is 5.32 Å². The molecule has 4 heteroatoms. The third kappa shape index (κ3) is 3.57. The van der Waals surface area contributed by atoms with Crippen LogP contribution in [-0.2, 0) is 6.54 Å². The van der Waals surface area contributed by atoms with Crippen molar-refractivity contribution in [1.29, 1.82) is 0 Å². The number of nitrogens with one attached hydrogen (secondary N) is 1. The van der Waals surface area contributed by atoms with Crippen molar-refractivity contribution in [3.8, 4) is 0 Å². The van der Waals surface area contributed by atoms with E-state index < -0.39 is 0 Å². The Kier molecular flexibility index (Phi) is 4.35. The Labute approximate surface area is 118 Å². The molecule has 1 aromatic heterocycles. The van der Waals surface area contributed by atoms with Crippen LogP contribution in [0.2, 0.25) is 0 Å². The number of hydrogen-bond donors (Lipinski definition) is 1. The first-order valence-corrected chi connectivity index (χ1v) is 6.61. The fraction of sp³-hybridized carbons (Fsp3) is 0.250. The van der Waals surface area contributed by atoms with Crippen LogP contribution in [0.5, 0.6) is 0 Å². The van der Waals surface area contributed by atoms with Crippen LogP contribution in [0.25, 0.3) is 0 Å². The zero-order valence-electron chi connectivity index (χ0n) is 11.7. The summed E-state index contributed by atoms with van der Waals surface area (Å²) in [6, 6.07) is 12.7. The molecular weight excluding hydrogens is 252 g/mol. The topological polar surface area (TPSA) is 51.1 Å². The quantitative estimate of drug-likeness (QED) is 0.924. The normalized spacial score (nSPS) is 10.6. The van der Waals surface area contributed by atoms with E-state index in [0.717, 1.165) is 5.56 Å². The standard InChI is InChI=1S/C16H18N2O2/c1-12(2)17-16(20)14-8-9-15(19)18(11-14)10-13-6-4-3-5-7-13/h3-9,11-12H,10H2,1-2H3,(H,17,20). The molecule has 0 spiro atoms. The lowest BCUT2D eigenvalue weighted by Gasteiger charge is -2.11. The van der Waals surface area contributed by atoms with Crippen molar-refractivity contribution >= 4 is 5.91 Å². The Morgan fingerprint density at radius 2 is 1.85 bits per heavy atom. The summed E-state index contributed by atoms with van der Waals surface area (Å²) < 4.78 is 1.55. The zero-order valence-corrected chi connectivity index (χ0v) is 11.7. The molecule has 0 aliphatic rings. The maximum absolute atomic E-state index is 11.9. The van der Waals surface area contributed by atoms with E-state index in [1.54, 1.807) is 16.8 Å². The van der Waals surface area contributed by atoms with Gasteiger partial charge in [-0.05, 0) is 25.5 Å². The van der Waals surface area contributed by atoms with Crippen LogP contribution in [0.15, 0.2) is 53.5 Å². The van der Waals surface area contributed by atoms with Gasteiger partial charge in [0.25, 0.3) is 11.5 Å². The summed E-state index contributed by atoms with van der Waals surface area (Å²) in [7, 11) is 0. The zero-order chi connectivity index (χ0) is 14.5. The maximum Gasteiger partial charge on any atom is 0.252 e. The van der Waals surface area contributed by atoms with Gasteiger partial charge in [0.1, 0.15) is 0 Å². The molecule has 0 fully saturated rings. The van der Waals surface area contributed by atoms with Gasteiger partial charge >= 0.3 is 0 Å². The molecule has 0 saturated carbocycles. The summed E-state index contributed by atoms with van der Waals surface area (Å²) >= 11 is 0. The Balaban J connectivity index is 2.25. The summed E-state index contributed by atoms with van der Waals surface area (Å²) in [4.78, 5) is 23.8. The Morgan fingerprint density at radius 3 is 2.50 bits per heavy atom. The molecule has 0 unspecified atom stereocenters. The van der Waals surface area contributed by atoms with E-state index in [1.165, 1.54) is 6.07 Å². The number of rotatable bonds is 4. The Bertz CT molecular complexity index is 645. The van der Waals surface area contributed by atoms with Crippen LogP contribution in [-0.4, -0.2) is 16.5 Å². The highest BCUT2D eigenvalue weighted by molar-refractivity contribution is 5.93. The number of amides is 1. The van der Waals surface area contributed by atoms with E-state index in [0.29, 0.717) is 12.1 Å². The summed E-state index contributed by atoms with van der Waals surface area (Å²) in [5, 5.41) is 2.82. The van der Waals surface area contributed by atoms with Crippen molar-refractivity contribution in [3.05, 3.63) is 70.1 Å². The van der Waals surface area contributed by atoms with Gasteiger partial charge in [0, 0.05) is 18.3 Å². The van der Waals surface area contributed by atoms with Crippen LogP contribution in [0.1, 0.15) is 29.8 Å². The average molecular weight is 270 g/mol. The van der Waals surface area contributed by atoms with E-state index >= 15 is 0 Å². The Hall–Kier alpha value is -2.36. The van der Waals surface area contributed by atoms with Crippen LogP contribution in [0.3, 0.4) is 0 Å². The van der Waals surface area contributed by atoms with Gasteiger partial charge in [-0.25, -0.2) is 0 Å². The highest BCUT2D eigenvalue weighted by Gasteiger charge is 2.08. The molecule has 1 heterocycles. The minimum absolute atomic E-state index is 0.0667. The lowest BCUT2D eigenvalue weighted by atomic mass is 10.2. The van der Waals surface area contributed by atoms with E-state index in [1.807, 2.05) is 44.2 Å². The number of benzene rings is 1. The van der Waals surface area contributed by atoms with Gasteiger partial charge in [0.05, 0.1) is 12.1 Å². The monoisotopic (exact) mass is 270 g/mol. The lowest BCUT2D eigenvalue weighted by molar-refractivity contribution is 0.0942. The van der Waals surface area contributed by atoms with Gasteiger partial charge in [0.15, 0.2) is 0 Å². The molecule has 0 aliphatic heterocycles. The van der Waals surface area contributed by atoms with Crippen molar-refractivity contribution in [2.75, 3.05) is 0 Å². The predicted molar refractivity (Wildman–Crippen MR) is 78.8 cm³/mol. The second kappa shape index (κ2) is 6.19. The molecule has 0 aliphatic carbocycles. The second-order valence-electron chi connectivity index (χ2n) is 5.00. The molecule has 2 rings (SSSR count). The van der Waals surface area contributed by atoms with Crippen molar-refractivity contribution in [2.24, 2.45) is 0 Å². The molecule has 0 atom stereocenters. The summed E-state index contributed by atoms with van der Waals surface area (Å²) in [6.45, 7) is 4.26. The van der Waals surface area contributed by atoms with Crippen LogP contribution in [0, 0.1) is 0 Å². The van der Waals surface area contributed by atoms with Gasteiger partial charge in [-0.1, -0.05) is 30.3 Å². The molecule has 20 heavy (non-hydrogen) atoms. The summed E-state index contributed by atoms with van der Waals surface area (Å²) in [5.74, 6) is -0.165. The predicted octanol–water partition coefficient (Wildman–Crippen LogP) is 2.03. The van der Waals surface area contributed by atoms with Crippen molar-refractivity contribution in [3.63, 3.8) is 0 Å². The fourth-order valence-electron chi connectivity index (χ4n) is 1.91. The van der Waals surface area contributed by atoms with Gasteiger partial charge in [0.2, 0.25) is 0 Å². The minimum atomic E-state index is -0.165. The average Bonchev–Trinajstić information content (AvgIpc) is 2.41. The molecule has 104 valence electrons. The summed E-state index contributed by atoms with van der Waals surface area (Å²) in [5.41, 5.74) is 1.40. The number of nitrogens with zero attached hydrogens (tertiary/aromatic N) is 1. The number of carbonyl (C=O) groups excluding carboxylic acids is 1. The fourth-order valence-corrected chi connectivity index (χ4v) is 1.91. The molecule has 1 aromatic carbocycles. The highest BCUT2D eigenvalue weighted by atomic mass is 16.2. The summed E-state index contributed by atoms with van der Waals surface area (Å²) in [6.07, 6.45) is 1.60. The lowest BCUT2D eigenvalue weighted by Crippen LogP contribution is -2.31. The first-order valence-electron chi connectivity index (χ1n) is 6.61. The molecule has 1 N–H and O–H groups in total. The third-order valence-corrected chi connectivity index (χ3v) is 2.86. The molecule has 4 nitrogen and oxygen atoms in total. The largest absolute Gasteiger partial charge is 0.350 e. The number of pyridine rings is 1. The van der Waals surface area contributed by atoms with Crippen LogP contribution in [0.4, 0.5) is 0 Å². The number of carbonyl (C=O) groups is 1. The van der Waals surface area contributed by atoms with Crippen LogP contribution < -0.4 is 10.9 Å². The molecular formula is C16H18N2O2. The van der Waals surface area contributed by atoms with Crippen molar-refractivity contribution in [2.45, 2.75) is 26.4 Å². The number of hydrogen-bond acceptors (Lipinski definition) is 2. The molecule has 0 bridgehead atoms. The second-order valence-corrected chi connectivity index (χ2v) is 5.00. The van der Waals surface area contributed by atoms with E-state index in [9.17, 15) is 9.59 Å². The van der Waals surface area contributed by atoms with Gasteiger partial charge in [-0.3, -0.25) is 9.59 Å². The highest BCUT2D eigenvalue weighted by Crippen LogP contribution is 2.03. The van der Waals surface area contributed by atoms with Crippen molar-refractivity contribution < 1.29 is 4.79 Å². The number of aromatic nitrogens is 1. The molecule has 2 aromatic rings. The molecule has 0 radical (unpaired) electrons. The first-order chi connectivity index (χ1) is 9.56. The molecule has 1 amide bonds. The maximum atomic E-state index is 11.9. The van der Waals surface area contributed by atoms with Crippen LogP contribution >= 0.6 is 0 Å². The van der Waals surface area contributed by atoms with Gasteiger partial charge in [-0.15, -0.1) is 0 Å². The molecule has 0 saturated heterocycles. The smallest absolute Gasteiger partial charge is 0.252 e. The van der Waals surface area contributed by atoms with Crippen molar-refractivity contribution in [1.82, 2.24) is 9.88 Å². The van der Waals surface area contributed by atoms with E-state index in [4.69, 9.17) is 0 Å².